The molecule has 7 nitrogen and oxygen atoms in total. The van der Waals surface area contributed by atoms with Gasteiger partial charge in [0.1, 0.15) is 5.82 Å². The van der Waals surface area contributed by atoms with Gasteiger partial charge in [0, 0.05) is 31.9 Å². The van der Waals surface area contributed by atoms with Gasteiger partial charge in [-0.2, -0.15) is 0 Å². The van der Waals surface area contributed by atoms with E-state index < -0.39 is 0 Å². The number of anilines is 3. The zero-order valence-corrected chi connectivity index (χ0v) is 18.6. The van der Waals surface area contributed by atoms with Gasteiger partial charge in [0.15, 0.2) is 11.6 Å². The minimum absolute atomic E-state index is 0.169. The van der Waals surface area contributed by atoms with Gasteiger partial charge in [0.05, 0.1) is 6.42 Å². The number of carbonyl (C=O) groups is 1. The topological polar surface area (TPSA) is 74.2 Å². The fourth-order valence-electron chi connectivity index (χ4n) is 4.21. The number of nitrogens with zero attached hydrogens (tertiary/aromatic N) is 5. The predicted molar refractivity (Wildman–Crippen MR) is 131 cm³/mol. The second kappa shape index (κ2) is 9.24. The molecular weight excluding hydrogens is 412 g/mol. The highest BCUT2D eigenvalue weighted by molar-refractivity contribution is 5.90. The Bertz CT molecular complexity index is 1260. The molecule has 0 saturated carbocycles. The monoisotopic (exact) mass is 438 g/mol. The number of benzene rings is 2. The van der Waals surface area contributed by atoms with Crippen molar-refractivity contribution >= 4 is 34.1 Å². The molecule has 1 aliphatic rings. The molecule has 0 bridgehead atoms. The van der Waals surface area contributed by atoms with Crippen LogP contribution in [0.15, 0.2) is 72.8 Å². The van der Waals surface area contributed by atoms with Crippen molar-refractivity contribution in [1.29, 1.82) is 0 Å². The maximum Gasteiger partial charge on any atom is 0.227 e. The third-order valence-corrected chi connectivity index (χ3v) is 5.97. The van der Waals surface area contributed by atoms with Crippen molar-refractivity contribution in [3.05, 3.63) is 84.1 Å². The van der Waals surface area contributed by atoms with Gasteiger partial charge in [0.25, 0.3) is 0 Å². The lowest BCUT2D eigenvalue weighted by molar-refractivity contribution is -0.130. The minimum Gasteiger partial charge on any atom is -0.352 e. The Morgan fingerprint density at radius 1 is 0.848 bits per heavy atom. The Balaban J connectivity index is 1.18. The zero-order chi connectivity index (χ0) is 22.6. The smallest absolute Gasteiger partial charge is 0.227 e. The van der Waals surface area contributed by atoms with Crippen molar-refractivity contribution in [1.82, 2.24) is 20.1 Å². The van der Waals surface area contributed by atoms with E-state index >= 15 is 0 Å². The molecule has 0 atom stereocenters. The van der Waals surface area contributed by atoms with E-state index in [2.05, 4.69) is 43.6 Å². The first-order valence-corrected chi connectivity index (χ1v) is 11.2. The molecule has 7 heteroatoms. The van der Waals surface area contributed by atoms with E-state index in [0.717, 1.165) is 41.4 Å². The van der Waals surface area contributed by atoms with Gasteiger partial charge in [-0.15, -0.1) is 10.2 Å². The molecule has 1 N–H and O–H groups in total. The standard InChI is InChI=1S/C26H26N6O/c1-19-6-4-11-23(27-19)28-24-12-13-25(30-29-24)31-14-16-32(17-15-31)26(33)18-21-9-5-8-20-7-2-3-10-22(20)21/h2-13H,14-18H2,1H3,(H,27,28,29). The Labute approximate surface area is 193 Å². The highest BCUT2D eigenvalue weighted by atomic mass is 16.2. The Kier molecular flexibility index (Phi) is 5.85. The van der Waals surface area contributed by atoms with Gasteiger partial charge in [-0.05, 0) is 47.5 Å². The highest BCUT2D eigenvalue weighted by Crippen LogP contribution is 2.21. The van der Waals surface area contributed by atoms with Crippen LogP contribution >= 0.6 is 0 Å². The van der Waals surface area contributed by atoms with Crippen LogP contribution < -0.4 is 10.2 Å². The van der Waals surface area contributed by atoms with Gasteiger partial charge in [-0.25, -0.2) is 4.98 Å². The molecule has 0 aliphatic carbocycles. The maximum absolute atomic E-state index is 13.0. The lowest BCUT2D eigenvalue weighted by Gasteiger charge is -2.35. The highest BCUT2D eigenvalue weighted by Gasteiger charge is 2.22. The average molecular weight is 439 g/mol. The van der Waals surface area contributed by atoms with Crippen LogP contribution in [0.2, 0.25) is 0 Å². The van der Waals surface area contributed by atoms with Crippen LogP contribution in [0.4, 0.5) is 17.5 Å². The van der Waals surface area contributed by atoms with Crippen LogP contribution in [-0.4, -0.2) is 52.2 Å². The first kappa shape index (κ1) is 20.9. The number of carbonyl (C=O) groups excluding carboxylic acids is 1. The molecule has 1 saturated heterocycles. The number of fused-ring (bicyclic) bond motifs is 1. The number of rotatable bonds is 5. The van der Waals surface area contributed by atoms with E-state index in [4.69, 9.17) is 0 Å². The molecule has 1 fully saturated rings. The van der Waals surface area contributed by atoms with Gasteiger partial charge >= 0.3 is 0 Å². The fourth-order valence-corrected chi connectivity index (χ4v) is 4.21. The van der Waals surface area contributed by atoms with Crippen LogP contribution in [-0.2, 0) is 11.2 Å². The second-order valence-corrected chi connectivity index (χ2v) is 8.25. The summed E-state index contributed by atoms with van der Waals surface area (Å²) in [5, 5.41) is 14.2. The summed E-state index contributed by atoms with van der Waals surface area (Å²) in [5.41, 5.74) is 2.02. The maximum atomic E-state index is 13.0. The number of aromatic nitrogens is 3. The van der Waals surface area contributed by atoms with Crippen molar-refractivity contribution in [3.8, 4) is 0 Å². The predicted octanol–water partition coefficient (Wildman–Crippen LogP) is 3.97. The number of aryl methyl sites for hydroxylation is 1. The molecule has 0 unspecified atom stereocenters. The third-order valence-electron chi connectivity index (χ3n) is 5.97. The van der Waals surface area contributed by atoms with Gasteiger partial charge in [-0.1, -0.05) is 48.5 Å². The number of hydrogen-bond acceptors (Lipinski definition) is 6. The van der Waals surface area contributed by atoms with Crippen molar-refractivity contribution < 1.29 is 4.79 Å². The minimum atomic E-state index is 0.169. The third kappa shape index (κ3) is 4.77. The molecule has 166 valence electrons. The molecule has 1 amide bonds. The Morgan fingerprint density at radius 2 is 1.64 bits per heavy atom. The van der Waals surface area contributed by atoms with Crippen LogP contribution in [0.5, 0.6) is 0 Å². The summed E-state index contributed by atoms with van der Waals surface area (Å²) in [6.45, 7) is 4.79. The van der Waals surface area contributed by atoms with E-state index in [9.17, 15) is 4.79 Å². The number of pyridine rings is 1. The quantitative estimate of drug-likeness (QED) is 0.508. The summed E-state index contributed by atoms with van der Waals surface area (Å²) < 4.78 is 0. The summed E-state index contributed by atoms with van der Waals surface area (Å²) in [4.78, 5) is 21.5. The van der Waals surface area contributed by atoms with Crippen LogP contribution in [0, 0.1) is 6.92 Å². The summed E-state index contributed by atoms with van der Waals surface area (Å²) in [5.74, 6) is 2.39. The summed E-state index contributed by atoms with van der Waals surface area (Å²) in [6, 6.07) is 24.0. The molecule has 2 aromatic carbocycles. The molecule has 3 heterocycles. The number of amides is 1. The van der Waals surface area contributed by atoms with Gasteiger partial charge in [0.2, 0.25) is 5.91 Å². The molecule has 33 heavy (non-hydrogen) atoms. The van der Waals surface area contributed by atoms with E-state index in [1.54, 1.807) is 0 Å². The second-order valence-electron chi connectivity index (χ2n) is 8.25. The van der Waals surface area contributed by atoms with Crippen molar-refractivity contribution in [2.24, 2.45) is 0 Å². The van der Waals surface area contributed by atoms with Crippen molar-refractivity contribution in [2.45, 2.75) is 13.3 Å². The number of nitrogens with one attached hydrogen (secondary N) is 1. The van der Waals surface area contributed by atoms with E-state index in [1.165, 1.54) is 5.39 Å². The first-order valence-electron chi connectivity index (χ1n) is 11.2. The normalized spacial score (nSPS) is 13.8. The van der Waals surface area contributed by atoms with Crippen LogP contribution in [0.3, 0.4) is 0 Å². The molecular formula is C26H26N6O. The SMILES string of the molecule is Cc1cccc(Nc2ccc(N3CCN(C(=O)Cc4cccc5ccccc45)CC3)nn2)n1. The van der Waals surface area contributed by atoms with Crippen LogP contribution in [0.25, 0.3) is 10.8 Å². The summed E-state index contributed by atoms with van der Waals surface area (Å²) >= 11 is 0. The number of piperazine rings is 1. The Hall–Kier alpha value is -4.00. The average Bonchev–Trinajstić information content (AvgIpc) is 2.85. The van der Waals surface area contributed by atoms with Crippen molar-refractivity contribution in [2.75, 3.05) is 36.4 Å². The number of hydrogen-bond donors (Lipinski definition) is 1. The van der Waals surface area contributed by atoms with E-state index in [0.29, 0.717) is 25.3 Å². The molecule has 0 radical (unpaired) electrons. The van der Waals surface area contributed by atoms with E-state index in [-0.39, 0.29) is 5.91 Å². The fraction of sp³-hybridized carbons (Fsp3) is 0.231. The lowest BCUT2D eigenvalue weighted by atomic mass is 10.0. The van der Waals surface area contributed by atoms with Crippen LogP contribution in [0.1, 0.15) is 11.3 Å². The van der Waals surface area contributed by atoms with Gasteiger partial charge in [-0.3, -0.25) is 4.79 Å². The lowest BCUT2D eigenvalue weighted by Crippen LogP contribution is -2.49. The molecule has 1 aliphatic heterocycles. The zero-order valence-electron chi connectivity index (χ0n) is 18.6. The molecule has 2 aromatic heterocycles. The van der Waals surface area contributed by atoms with E-state index in [1.807, 2.05) is 66.4 Å². The van der Waals surface area contributed by atoms with Gasteiger partial charge < -0.3 is 15.1 Å². The Morgan fingerprint density at radius 3 is 2.42 bits per heavy atom. The largest absolute Gasteiger partial charge is 0.352 e. The molecule has 5 rings (SSSR count). The molecule has 4 aromatic rings. The summed E-state index contributed by atoms with van der Waals surface area (Å²) in [7, 11) is 0. The first-order chi connectivity index (χ1) is 16.2. The van der Waals surface area contributed by atoms with Crippen molar-refractivity contribution in [3.63, 3.8) is 0 Å². The molecule has 0 spiro atoms. The summed E-state index contributed by atoms with van der Waals surface area (Å²) in [6.07, 6.45) is 0.425.